The maximum atomic E-state index is 12.3. The number of rotatable bonds is 7. The fourth-order valence-corrected chi connectivity index (χ4v) is 3.57. The van der Waals surface area contributed by atoms with Gasteiger partial charge < -0.3 is 14.2 Å². The number of carbonyl (C=O) groups is 1. The molecule has 0 aliphatic carbocycles. The van der Waals surface area contributed by atoms with Crippen LogP contribution in [-0.4, -0.2) is 69.7 Å². The van der Waals surface area contributed by atoms with Crippen molar-refractivity contribution >= 4 is 26.8 Å². The minimum absolute atomic E-state index is 0.0985. The number of hydrogen-bond donors (Lipinski definition) is 2. The average molecular weight is 442 g/mol. The minimum Gasteiger partial charge on any atom is -0.453 e. The van der Waals surface area contributed by atoms with Gasteiger partial charge in [-0.1, -0.05) is 18.2 Å². The summed E-state index contributed by atoms with van der Waals surface area (Å²) in [6, 6.07) is 7.58. The van der Waals surface area contributed by atoms with Gasteiger partial charge in [0.1, 0.15) is 0 Å². The Balaban J connectivity index is 2.40. The van der Waals surface area contributed by atoms with E-state index in [2.05, 4.69) is 8.37 Å². The molecule has 28 heavy (non-hydrogen) atoms. The molecule has 0 saturated carbocycles. The molecule has 1 aliphatic heterocycles. The van der Waals surface area contributed by atoms with Crippen LogP contribution in [-0.2, 0) is 43.4 Å². The fraction of sp³-hybridized carbons (Fsp3) is 0.500. The molecule has 2 N–H and O–H groups in total. The van der Waals surface area contributed by atoms with E-state index in [0.717, 1.165) is 7.11 Å². The van der Waals surface area contributed by atoms with Gasteiger partial charge in [0.15, 0.2) is 24.6 Å². The maximum absolute atomic E-state index is 12.3. The molecule has 2 rings (SSSR count). The van der Waals surface area contributed by atoms with Crippen molar-refractivity contribution in [3.05, 3.63) is 35.9 Å². The topological polar surface area (TPSA) is 172 Å². The Hall–Kier alpha value is -1.65. The molecule has 0 radical (unpaired) electrons. The summed E-state index contributed by atoms with van der Waals surface area (Å²) in [7, 11) is -9.21. The summed E-state index contributed by atoms with van der Waals surface area (Å²) < 4.78 is 87.1. The fourth-order valence-electron chi connectivity index (χ4n) is 2.58. The first kappa shape index (κ1) is 22.6. The molecule has 5 atom stereocenters. The van der Waals surface area contributed by atoms with Crippen LogP contribution in [0.3, 0.4) is 0 Å². The van der Waals surface area contributed by atoms with Gasteiger partial charge in [-0.2, -0.15) is 16.8 Å². The second kappa shape index (κ2) is 8.79. The maximum Gasteiger partial charge on any atom is 0.397 e. The number of benzene rings is 1. The van der Waals surface area contributed by atoms with Gasteiger partial charge in [-0.15, -0.1) is 0 Å². The van der Waals surface area contributed by atoms with E-state index in [1.807, 2.05) is 0 Å². The molecule has 12 nitrogen and oxygen atoms in total. The highest BCUT2D eigenvalue weighted by Crippen LogP contribution is 2.30. The average Bonchev–Trinajstić information content (AvgIpc) is 2.58. The van der Waals surface area contributed by atoms with E-state index >= 15 is 0 Å². The predicted molar refractivity (Wildman–Crippen MR) is 89.8 cm³/mol. The Kier molecular flexibility index (Phi) is 7.11. The molecule has 1 fully saturated rings. The summed E-state index contributed by atoms with van der Waals surface area (Å²) in [5.74, 6) is -0.911. The standard InChI is InChI=1S/C14H18O12S2/c1-8-10(24-13(15)9-6-4-3-5-7-9)11(25-27(16,17)18)12(14(22-2)23-8)26-28(19,20)21/h3-8,10-12,14H,1-2H3,(H,16,17,18)(H,19,20,21)/t8-,10-,11+,12+,14+/m0/s1. The van der Waals surface area contributed by atoms with Gasteiger partial charge in [-0.3, -0.25) is 9.11 Å². The molecule has 0 aromatic heterocycles. The van der Waals surface area contributed by atoms with E-state index in [-0.39, 0.29) is 5.56 Å². The van der Waals surface area contributed by atoms with Gasteiger partial charge >= 0.3 is 26.8 Å². The highest BCUT2D eigenvalue weighted by atomic mass is 32.3. The second-order valence-electron chi connectivity index (χ2n) is 5.66. The lowest BCUT2D eigenvalue weighted by atomic mass is 9.99. The zero-order valence-corrected chi connectivity index (χ0v) is 16.2. The summed E-state index contributed by atoms with van der Waals surface area (Å²) in [6.45, 7) is 1.36. The first-order valence-electron chi connectivity index (χ1n) is 7.67. The van der Waals surface area contributed by atoms with E-state index in [9.17, 15) is 21.6 Å². The Labute approximate surface area is 161 Å². The lowest BCUT2D eigenvalue weighted by Gasteiger charge is -2.42. The molecule has 0 unspecified atom stereocenters. The first-order valence-corrected chi connectivity index (χ1v) is 10.4. The Morgan fingerprint density at radius 2 is 1.50 bits per heavy atom. The summed E-state index contributed by atoms with van der Waals surface area (Å²) in [6.07, 6.45) is -8.06. The van der Waals surface area contributed by atoms with Gasteiger partial charge in [0.25, 0.3) is 0 Å². The van der Waals surface area contributed by atoms with Crippen LogP contribution < -0.4 is 0 Å². The van der Waals surface area contributed by atoms with E-state index in [1.165, 1.54) is 19.1 Å². The normalized spacial score (nSPS) is 28.6. The van der Waals surface area contributed by atoms with Crippen LogP contribution >= 0.6 is 0 Å². The molecule has 1 aromatic carbocycles. The number of carbonyl (C=O) groups excluding carboxylic acids is 1. The molecule has 14 heteroatoms. The van der Waals surface area contributed by atoms with Crippen molar-refractivity contribution in [3.63, 3.8) is 0 Å². The lowest BCUT2D eigenvalue weighted by molar-refractivity contribution is -0.275. The van der Waals surface area contributed by atoms with Crippen LogP contribution in [0.2, 0.25) is 0 Å². The third-order valence-corrected chi connectivity index (χ3v) is 4.61. The van der Waals surface area contributed by atoms with Gasteiger partial charge in [0.05, 0.1) is 11.7 Å². The highest BCUT2D eigenvalue weighted by molar-refractivity contribution is 7.81. The number of esters is 1. The van der Waals surface area contributed by atoms with E-state index < -0.39 is 57.5 Å². The van der Waals surface area contributed by atoms with Gasteiger partial charge in [0, 0.05) is 7.11 Å². The van der Waals surface area contributed by atoms with Crippen LogP contribution in [0, 0.1) is 0 Å². The molecule has 0 amide bonds. The molecule has 0 spiro atoms. The Morgan fingerprint density at radius 3 is 2.00 bits per heavy atom. The van der Waals surface area contributed by atoms with Crippen molar-refractivity contribution in [2.45, 2.75) is 37.6 Å². The highest BCUT2D eigenvalue weighted by Gasteiger charge is 2.52. The predicted octanol–water partition coefficient (Wildman–Crippen LogP) is -0.0208. The quantitative estimate of drug-likeness (QED) is 0.427. The zero-order valence-electron chi connectivity index (χ0n) is 14.6. The van der Waals surface area contributed by atoms with Crippen molar-refractivity contribution < 1.29 is 53.3 Å². The number of hydrogen-bond acceptors (Lipinski definition) is 10. The lowest BCUT2D eigenvalue weighted by Crippen LogP contribution is -2.61. The molecular weight excluding hydrogens is 424 g/mol. The van der Waals surface area contributed by atoms with E-state index in [1.54, 1.807) is 18.2 Å². The molecule has 1 aliphatic rings. The molecule has 1 saturated heterocycles. The van der Waals surface area contributed by atoms with E-state index in [0.29, 0.717) is 0 Å². The SMILES string of the molecule is CO[C@@H]1O[C@@H](C)[C@H](OC(=O)c2ccccc2)[C@@H](OS(=O)(=O)O)[C@H]1OS(=O)(=O)O. The van der Waals surface area contributed by atoms with Crippen molar-refractivity contribution in [3.8, 4) is 0 Å². The molecule has 0 bridgehead atoms. The molecular formula is C14H18O12S2. The third-order valence-electron chi connectivity index (χ3n) is 3.68. The number of methoxy groups -OCH3 is 1. The Morgan fingerprint density at radius 1 is 0.964 bits per heavy atom. The minimum atomic E-state index is -5.16. The van der Waals surface area contributed by atoms with Crippen LogP contribution in [0.5, 0.6) is 0 Å². The molecule has 158 valence electrons. The second-order valence-corrected chi connectivity index (χ2v) is 7.75. The van der Waals surface area contributed by atoms with Crippen molar-refractivity contribution in [1.29, 1.82) is 0 Å². The Bertz CT molecular complexity index is 882. The summed E-state index contributed by atoms with van der Waals surface area (Å²) in [5, 5.41) is 0. The third kappa shape index (κ3) is 6.18. The summed E-state index contributed by atoms with van der Waals surface area (Å²) in [4.78, 5) is 12.3. The monoisotopic (exact) mass is 442 g/mol. The van der Waals surface area contributed by atoms with Crippen LogP contribution in [0.4, 0.5) is 0 Å². The van der Waals surface area contributed by atoms with Crippen LogP contribution in [0.15, 0.2) is 30.3 Å². The smallest absolute Gasteiger partial charge is 0.397 e. The summed E-state index contributed by atoms with van der Waals surface area (Å²) >= 11 is 0. The van der Waals surface area contributed by atoms with Crippen LogP contribution in [0.25, 0.3) is 0 Å². The van der Waals surface area contributed by atoms with Crippen molar-refractivity contribution in [1.82, 2.24) is 0 Å². The van der Waals surface area contributed by atoms with Crippen molar-refractivity contribution in [2.75, 3.05) is 7.11 Å². The molecule has 1 aromatic rings. The van der Waals surface area contributed by atoms with Crippen LogP contribution in [0.1, 0.15) is 17.3 Å². The van der Waals surface area contributed by atoms with Crippen molar-refractivity contribution in [2.24, 2.45) is 0 Å². The first-order chi connectivity index (χ1) is 12.9. The van der Waals surface area contributed by atoms with Gasteiger partial charge in [-0.25, -0.2) is 13.2 Å². The number of ether oxygens (including phenoxy) is 3. The summed E-state index contributed by atoms with van der Waals surface area (Å²) in [5.41, 5.74) is 0.0985. The zero-order chi connectivity index (χ0) is 21.1. The molecule has 1 heterocycles. The largest absolute Gasteiger partial charge is 0.453 e. The van der Waals surface area contributed by atoms with Gasteiger partial charge in [0.2, 0.25) is 0 Å². The van der Waals surface area contributed by atoms with E-state index in [4.69, 9.17) is 23.3 Å². The van der Waals surface area contributed by atoms with Gasteiger partial charge in [-0.05, 0) is 19.1 Å².